The van der Waals surface area contributed by atoms with Gasteiger partial charge in [0, 0.05) is 24.7 Å². The molecular weight excluding hydrogens is 432 g/mol. The lowest BCUT2D eigenvalue weighted by Crippen LogP contribution is -2.44. The fraction of sp³-hybridized carbons (Fsp3) is 0.261. The minimum Gasteiger partial charge on any atom is -0.349 e. The summed E-state index contributed by atoms with van der Waals surface area (Å²) in [5.74, 6) is -2.37. The number of carbonyl (C=O) groups is 1. The zero-order valence-corrected chi connectivity index (χ0v) is 18.2. The fourth-order valence-electron chi connectivity index (χ4n) is 3.93. The molecule has 0 radical (unpaired) electrons. The molecule has 3 heterocycles. The van der Waals surface area contributed by atoms with Gasteiger partial charge in [0.1, 0.15) is 0 Å². The molecule has 0 saturated carbocycles. The molecule has 4 aromatic rings. The Kier molecular flexibility index (Phi) is 5.34. The van der Waals surface area contributed by atoms with Gasteiger partial charge in [-0.05, 0) is 50.1 Å². The van der Waals surface area contributed by atoms with Gasteiger partial charge in [-0.25, -0.2) is 13.5 Å². The van der Waals surface area contributed by atoms with Crippen LogP contribution in [-0.2, 0) is 0 Å². The van der Waals surface area contributed by atoms with Crippen molar-refractivity contribution in [1.29, 1.82) is 0 Å². The Hall–Kier alpha value is -3.33. The van der Waals surface area contributed by atoms with E-state index in [9.17, 15) is 13.6 Å². The van der Waals surface area contributed by atoms with Gasteiger partial charge in [-0.3, -0.25) is 4.79 Å². The number of aryl methyl sites for hydroxylation is 1. The third kappa shape index (κ3) is 3.84. The van der Waals surface area contributed by atoms with E-state index in [1.54, 1.807) is 11.3 Å². The Bertz CT molecular complexity index is 1280. The molecule has 0 unspecified atom stereocenters. The molecule has 164 valence electrons. The van der Waals surface area contributed by atoms with E-state index >= 15 is 0 Å². The van der Waals surface area contributed by atoms with E-state index in [1.165, 1.54) is 6.07 Å². The van der Waals surface area contributed by atoms with Crippen LogP contribution in [0.15, 0.2) is 48.5 Å². The lowest BCUT2D eigenvalue weighted by Gasteiger charge is -2.32. The second-order valence-corrected chi connectivity index (χ2v) is 8.82. The van der Waals surface area contributed by atoms with Gasteiger partial charge in [0.25, 0.3) is 5.91 Å². The number of nitrogens with one attached hydrogen (secondary N) is 1. The van der Waals surface area contributed by atoms with E-state index in [-0.39, 0.29) is 17.5 Å². The number of benzene rings is 2. The maximum Gasteiger partial charge on any atom is 0.251 e. The van der Waals surface area contributed by atoms with Crippen molar-refractivity contribution in [2.24, 2.45) is 0 Å². The highest BCUT2D eigenvalue weighted by atomic mass is 32.1. The molecule has 1 N–H and O–H groups in total. The zero-order valence-electron chi connectivity index (χ0n) is 17.4. The number of nitrogens with zero attached hydrogens (tertiary/aromatic N) is 4. The minimum absolute atomic E-state index is 0.0252. The highest BCUT2D eigenvalue weighted by Crippen LogP contribution is 2.33. The van der Waals surface area contributed by atoms with Crippen LogP contribution in [0.3, 0.4) is 0 Å². The summed E-state index contributed by atoms with van der Waals surface area (Å²) in [4.78, 5) is 19.5. The molecule has 1 saturated heterocycles. The summed E-state index contributed by atoms with van der Waals surface area (Å²) >= 11 is 1.63. The number of thiazole rings is 1. The first kappa shape index (κ1) is 20.6. The highest BCUT2D eigenvalue weighted by molar-refractivity contribution is 7.22. The van der Waals surface area contributed by atoms with E-state index < -0.39 is 11.6 Å². The second kappa shape index (κ2) is 8.31. The standard InChI is InChI=1S/C23H21F2N5OS/c1-14-20-21(30(28-14)17-5-3-2-4-6-17)27-23(32-20)29-11-9-16(10-12-29)26-22(31)15-7-8-18(24)19(25)13-15/h2-8,13,16H,9-12H2,1H3,(H,26,31). The number of piperidine rings is 1. The van der Waals surface area contributed by atoms with Crippen LogP contribution in [0.2, 0.25) is 0 Å². The third-order valence-electron chi connectivity index (χ3n) is 5.66. The maximum atomic E-state index is 13.4. The molecule has 6 nitrogen and oxygen atoms in total. The van der Waals surface area contributed by atoms with Crippen LogP contribution in [0.25, 0.3) is 16.0 Å². The molecule has 1 aliphatic rings. The van der Waals surface area contributed by atoms with E-state index in [2.05, 4.69) is 15.3 Å². The number of hydrogen-bond donors (Lipinski definition) is 1. The summed E-state index contributed by atoms with van der Waals surface area (Å²) in [6, 6.07) is 13.1. The van der Waals surface area contributed by atoms with E-state index in [0.29, 0.717) is 0 Å². The number of halogens is 2. The predicted octanol–water partition coefficient (Wildman–Crippen LogP) is 4.47. The molecule has 32 heavy (non-hydrogen) atoms. The minimum atomic E-state index is -1.02. The average Bonchev–Trinajstić information content (AvgIpc) is 3.37. The Balaban J connectivity index is 1.27. The Labute approximate surface area is 187 Å². The van der Waals surface area contributed by atoms with Crippen LogP contribution in [0.1, 0.15) is 28.9 Å². The fourth-order valence-corrected chi connectivity index (χ4v) is 4.97. The van der Waals surface area contributed by atoms with Gasteiger partial charge in [-0.2, -0.15) is 10.1 Å². The van der Waals surface area contributed by atoms with Crippen molar-refractivity contribution >= 4 is 32.7 Å². The van der Waals surface area contributed by atoms with Crippen LogP contribution < -0.4 is 10.2 Å². The summed E-state index contributed by atoms with van der Waals surface area (Å²) in [6.45, 7) is 3.48. The lowest BCUT2D eigenvalue weighted by molar-refractivity contribution is 0.0930. The molecule has 0 spiro atoms. The van der Waals surface area contributed by atoms with Crippen molar-refractivity contribution in [2.45, 2.75) is 25.8 Å². The topological polar surface area (TPSA) is 63.1 Å². The molecule has 0 atom stereocenters. The van der Waals surface area contributed by atoms with Gasteiger partial charge in [0.2, 0.25) is 0 Å². The van der Waals surface area contributed by atoms with Gasteiger partial charge in [0.05, 0.1) is 16.1 Å². The van der Waals surface area contributed by atoms with E-state index in [0.717, 1.165) is 64.9 Å². The number of hydrogen-bond acceptors (Lipinski definition) is 5. The first-order valence-electron chi connectivity index (χ1n) is 10.4. The maximum absolute atomic E-state index is 13.4. The normalized spacial score (nSPS) is 14.8. The molecule has 1 fully saturated rings. The van der Waals surface area contributed by atoms with Crippen LogP contribution >= 0.6 is 11.3 Å². The van der Waals surface area contributed by atoms with Crippen molar-refractivity contribution < 1.29 is 13.6 Å². The van der Waals surface area contributed by atoms with E-state index in [4.69, 9.17) is 4.98 Å². The lowest BCUT2D eigenvalue weighted by atomic mass is 10.0. The summed E-state index contributed by atoms with van der Waals surface area (Å²) in [5, 5.41) is 8.51. The van der Waals surface area contributed by atoms with Crippen molar-refractivity contribution in [1.82, 2.24) is 20.1 Å². The summed E-state index contributed by atoms with van der Waals surface area (Å²) in [6.07, 6.45) is 1.49. The van der Waals surface area contributed by atoms with Gasteiger partial charge >= 0.3 is 0 Å². The van der Waals surface area contributed by atoms with Crippen LogP contribution in [0, 0.1) is 18.6 Å². The van der Waals surface area contributed by atoms with Crippen molar-refractivity contribution in [3.8, 4) is 5.69 Å². The monoisotopic (exact) mass is 453 g/mol. The van der Waals surface area contributed by atoms with Crippen LogP contribution in [0.5, 0.6) is 0 Å². The summed E-state index contributed by atoms with van der Waals surface area (Å²) in [5.41, 5.74) is 2.89. The summed E-state index contributed by atoms with van der Waals surface area (Å²) in [7, 11) is 0. The van der Waals surface area contributed by atoms with Gasteiger partial charge in [-0.15, -0.1) is 0 Å². The third-order valence-corrected chi connectivity index (χ3v) is 6.87. The molecule has 2 aromatic carbocycles. The SMILES string of the molecule is Cc1nn(-c2ccccc2)c2nc(N3CCC(NC(=O)c4ccc(F)c(F)c4)CC3)sc12. The number of aromatic nitrogens is 3. The first-order valence-corrected chi connectivity index (χ1v) is 11.2. The average molecular weight is 454 g/mol. The molecule has 2 aromatic heterocycles. The highest BCUT2D eigenvalue weighted by Gasteiger charge is 2.25. The molecular formula is C23H21F2N5OS. The predicted molar refractivity (Wildman–Crippen MR) is 121 cm³/mol. The number of carbonyl (C=O) groups excluding carboxylic acids is 1. The van der Waals surface area contributed by atoms with Crippen LogP contribution in [-0.4, -0.2) is 39.8 Å². The van der Waals surface area contributed by atoms with Crippen LogP contribution in [0.4, 0.5) is 13.9 Å². The van der Waals surface area contributed by atoms with Gasteiger partial charge in [-0.1, -0.05) is 29.5 Å². The quantitative estimate of drug-likeness (QED) is 0.495. The number of para-hydroxylation sites is 1. The molecule has 0 bridgehead atoms. The molecule has 1 aliphatic heterocycles. The smallest absolute Gasteiger partial charge is 0.251 e. The Morgan fingerprint density at radius 1 is 1.09 bits per heavy atom. The number of rotatable bonds is 4. The Morgan fingerprint density at radius 2 is 1.84 bits per heavy atom. The number of amides is 1. The first-order chi connectivity index (χ1) is 15.5. The van der Waals surface area contributed by atoms with Gasteiger partial charge in [0.15, 0.2) is 22.4 Å². The van der Waals surface area contributed by atoms with E-state index in [1.807, 2.05) is 41.9 Å². The second-order valence-electron chi connectivity index (χ2n) is 7.85. The zero-order chi connectivity index (χ0) is 22.2. The molecule has 0 aliphatic carbocycles. The van der Waals surface area contributed by atoms with Crippen molar-refractivity contribution in [3.63, 3.8) is 0 Å². The molecule has 9 heteroatoms. The Morgan fingerprint density at radius 3 is 2.56 bits per heavy atom. The summed E-state index contributed by atoms with van der Waals surface area (Å²) < 4.78 is 29.5. The largest absolute Gasteiger partial charge is 0.349 e. The van der Waals surface area contributed by atoms with Crippen molar-refractivity contribution in [3.05, 3.63) is 71.4 Å². The number of anilines is 1. The van der Waals surface area contributed by atoms with Gasteiger partial charge < -0.3 is 10.2 Å². The van der Waals surface area contributed by atoms with Crippen molar-refractivity contribution in [2.75, 3.05) is 18.0 Å². The molecule has 1 amide bonds. The number of fused-ring (bicyclic) bond motifs is 1. The molecule has 5 rings (SSSR count).